The summed E-state index contributed by atoms with van der Waals surface area (Å²) in [5.74, 6) is -3.73. The highest BCUT2D eigenvalue weighted by Crippen LogP contribution is 2.47. The van der Waals surface area contributed by atoms with Crippen LogP contribution in [0.5, 0.6) is 0 Å². The summed E-state index contributed by atoms with van der Waals surface area (Å²) in [4.78, 5) is 73.7. The van der Waals surface area contributed by atoms with Gasteiger partial charge in [-0.2, -0.15) is 0 Å². The molecule has 4 atom stereocenters. The maximum atomic E-state index is 13.5. The van der Waals surface area contributed by atoms with Gasteiger partial charge in [-0.1, -0.05) is 0 Å². The molecule has 0 saturated carbocycles. The van der Waals surface area contributed by atoms with Crippen LogP contribution in [0.1, 0.15) is 17.5 Å². The van der Waals surface area contributed by atoms with Crippen LogP contribution < -0.4 is 21.0 Å². The van der Waals surface area contributed by atoms with Crippen LogP contribution in [0.4, 0.5) is 27.3 Å². The van der Waals surface area contributed by atoms with E-state index in [4.69, 9.17) is 9.79 Å². The lowest BCUT2D eigenvalue weighted by molar-refractivity contribution is -0.163. The first-order chi connectivity index (χ1) is 18.9. The number of anilines is 4. The molecule has 1 aliphatic heterocycles. The van der Waals surface area contributed by atoms with Crippen molar-refractivity contribution in [2.24, 2.45) is 0 Å². The number of rotatable bonds is 11. The highest BCUT2D eigenvalue weighted by molar-refractivity contribution is 7.46. The number of aliphatic hydroxyl groups is 4. The molecular weight excluding hydrogens is 578 g/mol. The van der Waals surface area contributed by atoms with E-state index < -0.39 is 92.6 Å². The van der Waals surface area contributed by atoms with E-state index in [2.05, 4.69) is 9.51 Å². The summed E-state index contributed by atoms with van der Waals surface area (Å²) in [6.45, 7) is -0.340. The lowest BCUT2D eigenvalue weighted by atomic mass is 9.98. The standard InChI is InChI=1S/C22H28FN4O13P/c1-9-3-11-12(4-10(9)2)27(15(30)5-22(36,8-23)20(33)34)16-18(24-21(35)25-19(16)32)26(11)6-13(28)17(31)14(29)7-40-41(37,38)39/h3-4,13-14,17,28-29,31,36H,5-8H2,1-2H3,(H,33,34)(H2,37,38,39)(H2,24,25,32,35)/t13-,14+,17-,22+/m0/s1. The maximum absolute atomic E-state index is 13.5. The molecule has 2 aromatic rings. The van der Waals surface area contributed by atoms with Crippen molar-refractivity contribution in [3.8, 4) is 0 Å². The van der Waals surface area contributed by atoms with E-state index in [0.717, 1.165) is 4.90 Å². The summed E-state index contributed by atoms with van der Waals surface area (Å²) in [6.07, 6.45) is -7.34. The summed E-state index contributed by atoms with van der Waals surface area (Å²) in [7, 11) is -5.03. The molecule has 0 unspecified atom stereocenters. The topological polar surface area (TPSA) is 274 Å². The summed E-state index contributed by atoms with van der Waals surface area (Å²) < 4.78 is 28.5. The molecule has 0 aliphatic carbocycles. The third-order valence-corrected chi connectivity index (χ3v) is 6.88. The largest absolute Gasteiger partial charge is 0.479 e. The number of H-pyrrole nitrogens is 2. The molecule has 226 valence electrons. The van der Waals surface area contributed by atoms with Gasteiger partial charge in [0.15, 0.2) is 11.3 Å². The highest BCUT2D eigenvalue weighted by atomic mass is 31.2. The number of aromatic amines is 2. The van der Waals surface area contributed by atoms with E-state index in [0.29, 0.717) is 16.0 Å². The number of aryl methyl sites for hydroxylation is 2. The molecule has 41 heavy (non-hydrogen) atoms. The summed E-state index contributed by atoms with van der Waals surface area (Å²) in [5, 5.41) is 50.6. The minimum absolute atomic E-state index is 0.0153. The molecule has 1 aromatic heterocycles. The molecule has 9 N–H and O–H groups in total. The van der Waals surface area contributed by atoms with E-state index in [1.54, 1.807) is 13.8 Å². The van der Waals surface area contributed by atoms with Gasteiger partial charge in [-0.05, 0) is 37.1 Å². The molecule has 17 nitrogen and oxygen atoms in total. The Morgan fingerprint density at radius 3 is 2.20 bits per heavy atom. The molecule has 1 aliphatic rings. The first kappa shape index (κ1) is 32.0. The molecule has 0 saturated heterocycles. The van der Waals surface area contributed by atoms with Crippen molar-refractivity contribution >= 4 is 42.6 Å². The quantitative estimate of drug-likeness (QED) is 0.127. The third kappa shape index (κ3) is 6.71. The van der Waals surface area contributed by atoms with Crippen LogP contribution in [0.3, 0.4) is 0 Å². The second kappa shape index (κ2) is 11.8. The number of fused-ring (bicyclic) bond motifs is 2. The number of halogens is 1. The summed E-state index contributed by atoms with van der Waals surface area (Å²) in [6, 6.07) is 2.85. The Hall–Kier alpha value is -3.48. The number of nitrogens with one attached hydrogen (secondary N) is 2. The van der Waals surface area contributed by atoms with Crippen LogP contribution in [0.25, 0.3) is 0 Å². The maximum Gasteiger partial charge on any atom is 0.469 e. The minimum Gasteiger partial charge on any atom is -0.479 e. The van der Waals surface area contributed by atoms with Crippen molar-refractivity contribution in [3.63, 3.8) is 0 Å². The first-order valence-corrected chi connectivity index (χ1v) is 13.3. The summed E-state index contributed by atoms with van der Waals surface area (Å²) >= 11 is 0. The molecule has 2 heterocycles. The number of hydrogen-bond donors (Lipinski definition) is 9. The minimum atomic E-state index is -5.03. The second-order valence-electron chi connectivity index (χ2n) is 9.43. The van der Waals surface area contributed by atoms with Gasteiger partial charge >= 0.3 is 19.5 Å². The van der Waals surface area contributed by atoms with E-state index in [1.807, 2.05) is 4.98 Å². The number of phosphoric acid groups is 1. The molecule has 0 bridgehead atoms. The Kier molecular flexibility index (Phi) is 9.21. The molecule has 0 fully saturated rings. The Labute approximate surface area is 229 Å². The number of carboxylic acids is 1. The predicted octanol–water partition coefficient (Wildman–Crippen LogP) is -1.84. The number of benzene rings is 1. The first-order valence-electron chi connectivity index (χ1n) is 11.7. The smallest absolute Gasteiger partial charge is 0.469 e. The number of hydrogen-bond acceptors (Lipinski definition) is 11. The fourth-order valence-electron chi connectivity index (χ4n) is 4.07. The van der Waals surface area contributed by atoms with Crippen molar-refractivity contribution in [2.75, 3.05) is 29.6 Å². The number of carbonyl (C=O) groups excluding carboxylic acids is 1. The predicted molar refractivity (Wildman–Crippen MR) is 137 cm³/mol. The van der Waals surface area contributed by atoms with Crippen LogP contribution in [0.2, 0.25) is 0 Å². The Balaban J connectivity index is 2.15. The SMILES string of the molecule is Cc1cc2c(cc1C)N(C(=O)C[C@@](O)(CF)C(=O)O)c1c([nH]c(=O)[nH]c1=O)N2C[C@H](O)[C@H](O)[C@H](O)COP(=O)(O)O. The van der Waals surface area contributed by atoms with Gasteiger partial charge in [0, 0.05) is 0 Å². The number of β-amino-alcohol motifs (C(OH)–C–C–N with tert-alkyl or cyclic N) is 1. The van der Waals surface area contributed by atoms with Crippen LogP contribution >= 0.6 is 7.82 Å². The normalized spacial score (nSPS) is 16.8. The van der Waals surface area contributed by atoms with Crippen LogP contribution in [-0.4, -0.2) is 101 Å². The van der Waals surface area contributed by atoms with E-state index in [9.17, 15) is 53.7 Å². The number of aliphatic carboxylic acids is 1. The lowest BCUT2D eigenvalue weighted by Crippen LogP contribution is -2.50. The van der Waals surface area contributed by atoms with Crippen molar-refractivity contribution in [1.82, 2.24) is 9.97 Å². The number of nitrogens with zero attached hydrogens (tertiary/aromatic N) is 2. The lowest BCUT2D eigenvalue weighted by Gasteiger charge is -2.40. The zero-order chi connectivity index (χ0) is 31.0. The molecule has 1 amide bonds. The van der Waals surface area contributed by atoms with Gasteiger partial charge in [0.2, 0.25) is 5.91 Å². The van der Waals surface area contributed by atoms with Crippen molar-refractivity contribution in [3.05, 3.63) is 44.1 Å². The number of carbonyl (C=O) groups is 2. The molecule has 0 radical (unpaired) electrons. The zero-order valence-corrected chi connectivity index (χ0v) is 22.4. The fraction of sp³-hybridized carbons (Fsp3) is 0.455. The van der Waals surface area contributed by atoms with Crippen LogP contribution in [0, 0.1) is 13.8 Å². The number of phosphoric ester groups is 1. The van der Waals surface area contributed by atoms with E-state index in [-0.39, 0.29) is 11.4 Å². The van der Waals surface area contributed by atoms with E-state index >= 15 is 0 Å². The van der Waals surface area contributed by atoms with E-state index in [1.165, 1.54) is 12.1 Å². The summed E-state index contributed by atoms with van der Waals surface area (Å²) in [5.41, 5.74) is -4.95. The highest BCUT2D eigenvalue weighted by Gasteiger charge is 2.44. The average molecular weight is 606 g/mol. The van der Waals surface area contributed by atoms with Gasteiger partial charge in [-0.25, -0.2) is 18.5 Å². The number of aliphatic hydroxyl groups excluding tert-OH is 3. The number of amides is 1. The molecule has 19 heteroatoms. The van der Waals surface area contributed by atoms with Gasteiger partial charge in [0.1, 0.15) is 30.8 Å². The van der Waals surface area contributed by atoms with Gasteiger partial charge < -0.3 is 40.2 Å². The molecule has 1 aromatic carbocycles. The zero-order valence-electron chi connectivity index (χ0n) is 21.5. The van der Waals surface area contributed by atoms with Gasteiger partial charge in [-0.3, -0.25) is 29.0 Å². The third-order valence-electron chi connectivity index (χ3n) is 6.40. The van der Waals surface area contributed by atoms with Gasteiger partial charge in [-0.15, -0.1) is 0 Å². The Bertz CT molecular complexity index is 1510. The Morgan fingerprint density at radius 2 is 1.66 bits per heavy atom. The van der Waals surface area contributed by atoms with Gasteiger partial charge in [0.25, 0.3) is 5.56 Å². The number of carboxylic acid groups (broad SMARTS) is 1. The van der Waals surface area contributed by atoms with Crippen molar-refractivity contribution in [2.45, 2.75) is 44.2 Å². The van der Waals surface area contributed by atoms with Crippen molar-refractivity contribution in [1.29, 1.82) is 0 Å². The van der Waals surface area contributed by atoms with Crippen LogP contribution in [0.15, 0.2) is 21.7 Å². The Morgan fingerprint density at radius 1 is 1.07 bits per heavy atom. The van der Waals surface area contributed by atoms with Gasteiger partial charge in [0.05, 0.1) is 30.9 Å². The monoisotopic (exact) mass is 606 g/mol. The fourth-order valence-corrected chi connectivity index (χ4v) is 4.42. The average Bonchev–Trinajstić information content (AvgIpc) is 2.87. The molecule has 0 spiro atoms. The second-order valence-corrected chi connectivity index (χ2v) is 10.7. The number of aromatic nitrogens is 2. The molecular formula is C22H28FN4O13P. The van der Waals surface area contributed by atoms with Crippen molar-refractivity contribution < 1.29 is 58.4 Å². The molecule has 3 rings (SSSR count). The van der Waals surface area contributed by atoms with Crippen LogP contribution in [-0.2, 0) is 18.7 Å². The number of alkyl halides is 1.